The summed E-state index contributed by atoms with van der Waals surface area (Å²) >= 11 is 0. The van der Waals surface area contributed by atoms with Crippen LogP contribution < -0.4 is 26.2 Å². The Hall–Kier alpha value is -2.65. The van der Waals surface area contributed by atoms with Gasteiger partial charge in [0.1, 0.15) is 0 Å². The van der Waals surface area contributed by atoms with Gasteiger partial charge in [0, 0.05) is 56.3 Å². The highest BCUT2D eigenvalue weighted by atomic mass is 16.3. The highest BCUT2D eigenvalue weighted by Crippen LogP contribution is 2.28. The smallest absolute Gasteiger partial charge is 0.241 e. The molecular formula is C27H38N6O2. The van der Waals surface area contributed by atoms with E-state index in [4.69, 9.17) is 5.11 Å². The quantitative estimate of drug-likeness (QED) is 0.396. The first-order valence-corrected chi connectivity index (χ1v) is 13.0. The molecule has 0 radical (unpaired) electrons. The summed E-state index contributed by atoms with van der Waals surface area (Å²) in [4.78, 5) is 17.0. The zero-order chi connectivity index (χ0) is 24.0. The predicted molar refractivity (Wildman–Crippen MR) is 141 cm³/mol. The molecule has 0 bridgehead atoms. The number of carbonyl (C=O) groups excluding carboxylic acids is 1. The molecule has 2 aromatic rings. The van der Waals surface area contributed by atoms with Crippen LogP contribution in [0.15, 0.2) is 48.5 Å². The van der Waals surface area contributed by atoms with Gasteiger partial charge in [0.2, 0.25) is 5.91 Å². The SMILES string of the molecule is O=C(Nc1ccc(C2CN[C@H](Nc3ccc(N4CCN(CCO)CC4)cc3)C2)cc1)C1CCCN1. The second kappa shape index (κ2) is 11.4. The van der Waals surface area contributed by atoms with Crippen molar-refractivity contribution >= 4 is 23.0 Å². The molecule has 3 saturated heterocycles. The Balaban J connectivity index is 1.09. The van der Waals surface area contributed by atoms with Gasteiger partial charge in [-0.25, -0.2) is 0 Å². The molecule has 3 fully saturated rings. The largest absolute Gasteiger partial charge is 0.395 e. The van der Waals surface area contributed by atoms with Crippen LogP contribution in [0.3, 0.4) is 0 Å². The van der Waals surface area contributed by atoms with Crippen molar-refractivity contribution in [2.24, 2.45) is 0 Å². The van der Waals surface area contributed by atoms with E-state index in [2.05, 4.69) is 67.5 Å². The number of carbonyl (C=O) groups is 1. The van der Waals surface area contributed by atoms with E-state index < -0.39 is 0 Å². The maximum absolute atomic E-state index is 12.3. The fourth-order valence-electron chi connectivity index (χ4n) is 5.42. The molecule has 5 N–H and O–H groups in total. The Morgan fingerprint density at radius 3 is 2.40 bits per heavy atom. The van der Waals surface area contributed by atoms with Gasteiger partial charge in [-0.1, -0.05) is 12.1 Å². The first-order chi connectivity index (χ1) is 17.2. The monoisotopic (exact) mass is 478 g/mol. The summed E-state index contributed by atoms with van der Waals surface area (Å²) in [5.41, 5.74) is 4.55. The van der Waals surface area contributed by atoms with Gasteiger partial charge in [-0.05, 0) is 73.7 Å². The van der Waals surface area contributed by atoms with Crippen molar-refractivity contribution in [1.82, 2.24) is 15.5 Å². The second-order valence-electron chi connectivity index (χ2n) is 9.90. The summed E-state index contributed by atoms with van der Waals surface area (Å²) in [6, 6.07) is 17.0. The molecule has 0 saturated carbocycles. The number of hydrogen-bond acceptors (Lipinski definition) is 7. The van der Waals surface area contributed by atoms with Crippen LogP contribution in [0.1, 0.15) is 30.7 Å². The van der Waals surface area contributed by atoms with E-state index in [9.17, 15) is 4.79 Å². The maximum atomic E-state index is 12.3. The summed E-state index contributed by atoms with van der Waals surface area (Å²) < 4.78 is 0. The van der Waals surface area contributed by atoms with Crippen LogP contribution in [0.4, 0.5) is 17.1 Å². The Bertz CT molecular complexity index is 953. The lowest BCUT2D eigenvalue weighted by atomic mass is 9.97. The Kier molecular flexibility index (Phi) is 7.83. The van der Waals surface area contributed by atoms with Gasteiger partial charge < -0.3 is 26.0 Å². The standard InChI is InChI=1S/C27H38N6O2/c34-17-16-32-12-14-33(15-13-32)24-9-7-22(8-10-24)30-26-18-21(19-29-26)20-3-5-23(6-4-20)31-27(35)25-2-1-11-28-25/h3-10,21,25-26,28-30,34H,1-2,11-19H2,(H,31,35)/t21?,25?,26-/m1/s1. The number of hydrogen-bond donors (Lipinski definition) is 5. The number of benzene rings is 2. The highest BCUT2D eigenvalue weighted by molar-refractivity contribution is 5.95. The highest BCUT2D eigenvalue weighted by Gasteiger charge is 2.26. The number of aliphatic hydroxyl groups excluding tert-OH is 1. The van der Waals surface area contributed by atoms with Crippen molar-refractivity contribution in [2.45, 2.75) is 37.4 Å². The van der Waals surface area contributed by atoms with E-state index in [1.807, 2.05) is 12.1 Å². The van der Waals surface area contributed by atoms with Crippen LogP contribution in [0.25, 0.3) is 0 Å². The average Bonchev–Trinajstić information content (AvgIpc) is 3.59. The first-order valence-electron chi connectivity index (χ1n) is 13.0. The van der Waals surface area contributed by atoms with Gasteiger partial charge in [-0.3, -0.25) is 15.0 Å². The summed E-state index contributed by atoms with van der Waals surface area (Å²) in [5.74, 6) is 0.514. The third-order valence-corrected chi connectivity index (χ3v) is 7.52. The Morgan fingerprint density at radius 2 is 1.71 bits per heavy atom. The van der Waals surface area contributed by atoms with Crippen molar-refractivity contribution in [2.75, 3.05) is 68.0 Å². The number of aliphatic hydroxyl groups is 1. The van der Waals surface area contributed by atoms with E-state index in [1.165, 1.54) is 11.3 Å². The van der Waals surface area contributed by atoms with Crippen molar-refractivity contribution in [3.05, 3.63) is 54.1 Å². The molecule has 3 aliphatic heterocycles. The number of piperazine rings is 1. The summed E-state index contributed by atoms with van der Waals surface area (Å²) in [5, 5.41) is 22.6. The summed E-state index contributed by atoms with van der Waals surface area (Å²) in [6.45, 7) is 6.86. The fourth-order valence-corrected chi connectivity index (χ4v) is 5.42. The topological polar surface area (TPSA) is 91.9 Å². The zero-order valence-electron chi connectivity index (χ0n) is 20.4. The number of β-amino-alcohol motifs (C(OH)–C–C–N with tert-alkyl or cyclic N) is 1. The van der Waals surface area contributed by atoms with Crippen LogP contribution in [-0.4, -0.2) is 80.5 Å². The number of nitrogens with zero attached hydrogens (tertiary/aromatic N) is 2. The van der Waals surface area contributed by atoms with E-state index in [-0.39, 0.29) is 24.7 Å². The lowest BCUT2D eigenvalue weighted by Crippen LogP contribution is -2.47. The number of rotatable bonds is 8. The lowest BCUT2D eigenvalue weighted by Gasteiger charge is -2.35. The average molecular weight is 479 g/mol. The molecule has 1 amide bonds. The van der Waals surface area contributed by atoms with E-state index in [0.717, 1.165) is 76.5 Å². The molecule has 3 aliphatic rings. The molecular weight excluding hydrogens is 440 g/mol. The number of anilines is 3. The molecule has 188 valence electrons. The second-order valence-corrected chi connectivity index (χ2v) is 9.90. The molecule has 8 nitrogen and oxygen atoms in total. The van der Waals surface area contributed by atoms with Crippen LogP contribution in [0, 0.1) is 0 Å². The third kappa shape index (κ3) is 6.13. The van der Waals surface area contributed by atoms with Crippen LogP contribution in [0.5, 0.6) is 0 Å². The van der Waals surface area contributed by atoms with Crippen molar-refractivity contribution in [3.63, 3.8) is 0 Å². The molecule has 2 unspecified atom stereocenters. The molecule has 0 aromatic heterocycles. The van der Waals surface area contributed by atoms with Crippen LogP contribution >= 0.6 is 0 Å². The maximum Gasteiger partial charge on any atom is 0.241 e. The molecule has 5 rings (SSSR count). The Morgan fingerprint density at radius 1 is 0.971 bits per heavy atom. The third-order valence-electron chi connectivity index (χ3n) is 7.52. The minimum absolute atomic E-state index is 0.0586. The van der Waals surface area contributed by atoms with Crippen molar-refractivity contribution in [1.29, 1.82) is 0 Å². The van der Waals surface area contributed by atoms with Gasteiger partial charge >= 0.3 is 0 Å². The molecule has 2 aromatic carbocycles. The van der Waals surface area contributed by atoms with Crippen LogP contribution in [0.2, 0.25) is 0 Å². The molecule has 3 heterocycles. The molecule has 0 spiro atoms. The van der Waals surface area contributed by atoms with E-state index >= 15 is 0 Å². The van der Waals surface area contributed by atoms with Gasteiger partial charge in [-0.15, -0.1) is 0 Å². The molecule has 3 atom stereocenters. The molecule has 8 heteroatoms. The summed E-state index contributed by atoms with van der Waals surface area (Å²) in [7, 11) is 0. The van der Waals surface area contributed by atoms with Gasteiger partial charge in [0.15, 0.2) is 0 Å². The minimum atomic E-state index is -0.0586. The van der Waals surface area contributed by atoms with Gasteiger partial charge in [-0.2, -0.15) is 0 Å². The predicted octanol–water partition coefficient (Wildman–Crippen LogP) is 2.01. The van der Waals surface area contributed by atoms with Gasteiger partial charge in [0.25, 0.3) is 0 Å². The number of amides is 1. The number of nitrogens with one attached hydrogen (secondary N) is 4. The van der Waals surface area contributed by atoms with Crippen LogP contribution in [-0.2, 0) is 4.79 Å². The fraction of sp³-hybridized carbons (Fsp3) is 0.519. The zero-order valence-corrected chi connectivity index (χ0v) is 20.4. The lowest BCUT2D eigenvalue weighted by molar-refractivity contribution is -0.117. The van der Waals surface area contributed by atoms with E-state index in [1.54, 1.807) is 0 Å². The minimum Gasteiger partial charge on any atom is -0.395 e. The molecule has 0 aliphatic carbocycles. The Labute approximate surface area is 208 Å². The first kappa shape index (κ1) is 24.1. The van der Waals surface area contributed by atoms with E-state index in [0.29, 0.717) is 5.92 Å². The normalized spacial score (nSPS) is 25.1. The molecule has 35 heavy (non-hydrogen) atoms. The van der Waals surface area contributed by atoms with Gasteiger partial charge in [0.05, 0.1) is 18.8 Å². The van der Waals surface area contributed by atoms with Crippen molar-refractivity contribution in [3.8, 4) is 0 Å². The summed E-state index contributed by atoms with van der Waals surface area (Å²) in [6.07, 6.45) is 3.23. The van der Waals surface area contributed by atoms with Crippen molar-refractivity contribution < 1.29 is 9.90 Å².